The van der Waals surface area contributed by atoms with Crippen molar-refractivity contribution in [2.24, 2.45) is 0 Å². The Hall–Kier alpha value is -6.98. The van der Waals surface area contributed by atoms with Gasteiger partial charge in [0, 0.05) is 57.8 Å². The molecule has 0 saturated heterocycles. The van der Waals surface area contributed by atoms with Gasteiger partial charge < -0.3 is 26.0 Å². The molecule has 53 heavy (non-hydrogen) atoms. The quantitative estimate of drug-likeness (QED) is 0.110. The second-order valence-electron chi connectivity index (χ2n) is 13.4. The van der Waals surface area contributed by atoms with Gasteiger partial charge in [-0.1, -0.05) is 140 Å². The Morgan fingerprint density at radius 1 is 0.321 bits per heavy atom. The zero-order valence-electron chi connectivity index (χ0n) is 28.8. The molecule has 9 rings (SSSR count). The molecule has 9 aromatic rings. The van der Waals surface area contributed by atoms with E-state index in [-0.39, 0.29) is 17.2 Å². The SMILES string of the molecule is Oc1ccc2ccccc2c1-c1c(NCc2cccc(CNc3ccc4ccccc4c3-c3c(O)ccc4ccccc34)c2O)ccc2ccccc12. The van der Waals surface area contributed by atoms with E-state index in [0.29, 0.717) is 13.1 Å². The largest absolute Gasteiger partial charge is 0.507 e. The smallest absolute Gasteiger partial charge is 0.125 e. The summed E-state index contributed by atoms with van der Waals surface area (Å²) in [6, 6.07) is 54.1. The van der Waals surface area contributed by atoms with E-state index in [4.69, 9.17) is 0 Å². The summed E-state index contributed by atoms with van der Waals surface area (Å²) in [6.07, 6.45) is 0. The number of fused-ring (bicyclic) bond motifs is 4. The number of anilines is 2. The Kier molecular flexibility index (Phi) is 8.01. The molecule has 256 valence electrons. The van der Waals surface area contributed by atoms with E-state index in [1.807, 2.05) is 103 Å². The predicted molar refractivity (Wildman–Crippen MR) is 220 cm³/mol. The third kappa shape index (κ3) is 5.69. The highest BCUT2D eigenvalue weighted by Gasteiger charge is 2.19. The fourth-order valence-corrected chi connectivity index (χ4v) is 7.73. The summed E-state index contributed by atoms with van der Waals surface area (Å²) in [5.74, 6) is 0.631. The molecule has 0 atom stereocenters. The summed E-state index contributed by atoms with van der Waals surface area (Å²) in [4.78, 5) is 0. The monoisotopic (exact) mass is 688 g/mol. The maximum absolute atomic E-state index is 11.7. The van der Waals surface area contributed by atoms with Crippen LogP contribution in [0.2, 0.25) is 0 Å². The van der Waals surface area contributed by atoms with Crippen molar-refractivity contribution < 1.29 is 15.3 Å². The number of para-hydroxylation sites is 1. The van der Waals surface area contributed by atoms with Crippen molar-refractivity contribution in [1.82, 2.24) is 0 Å². The van der Waals surface area contributed by atoms with Crippen molar-refractivity contribution in [2.75, 3.05) is 10.6 Å². The van der Waals surface area contributed by atoms with Crippen LogP contribution in [0.1, 0.15) is 11.1 Å². The second-order valence-corrected chi connectivity index (χ2v) is 13.4. The molecule has 0 aliphatic carbocycles. The summed E-state index contributed by atoms with van der Waals surface area (Å²) in [5.41, 5.74) is 6.57. The van der Waals surface area contributed by atoms with Crippen molar-refractivity contribution in [3.8, 4) is 39.5 Å². The van der Waals surface area contributed by atoms with Gasteiger partial charge in [-0.25, -0.2) is 0 Å². The third-order valence-corrected chi connectivity index (χ3v) is 10.3. The number of rotatable bonds is 8. The van der Waals surface area contributed by atoms with E-state index in [0.717, 1.165) is 87.8 Å². The van der Waals surface area contributed by atoms with Crippen LogP contribution < -0.4 is 10.6 Å². The Morgan fingerprint density at radius 2 is 0.660 bits per heavy atom. The molecule has 0 fully saturated rings. The van der Waals surface area contributed by atoms with E-state index in [1.54, 1.807) is 12.1 Å². The lowest BCUT2D eigenvalue weighted by Crippen LogP contribution is -2.05. The molecule has 5 nitrogen and oxygen atoms in total. The number of phenols is 3. The zero-order chi connectivity index (χ0) is 35.9. The molecule has 5 heteroatoms. The number of phenolic OH excluding ortho intramolecular Hbond substituents is 3. The van der Waals surface area contributed by atoms with Gasteiger partial charge in [0.15, 0.2) is 0 Å². The van der Waals surface area contributed by atoms with Crippen LogP contribution in [-0.4, -0.2) is 15.3 Å². The van der Waals surface area contributed by atoms with E-state index in [9.17, 15) is 15.3 Å². The summed E-state index contributed by atoms with van der Waals surface area (Å²) in [5, 5.41) is 49.7. The minimum atomic E-state index is 0.207. The van der Waals surface area contributed by atoms with Crippen molar-refractivity contribution in [2.45, 2.75) is 13.1 Å². The van der Waals surface area contributed by atoms with Gasteiger partial charge in [-0.3, -0.25) is 0 Å². The maximum Gasteiger partial charge on any atom is 0.125 e. The number of aromatic hydroxyl groups is 3. The van der Waals surface area contributed by atoms with Gasteiger partial charge in [0.05, 0.1) is 0 Å². The van der Waals surface area contributed by atoms with Crippen molar-refractivity contribution >= 4 is 54.5 Å². The summed E-state index contributed by atoms with van der Waals surface area (Å²) < 4.78 is 0. The molecule has 0 amide bonds. The first-order valence-electron chi connectivity index (χ1n) is 17.8. The van der Waals surface area contributed by atoms with Gasteiger partial charge in [-0.15, -0.1) is 0 Å². The van der Waals surface area contributed by atoms with Gasteiger partial charge in [-0.05, 0) is 67.4 Å². The summed E-state index contributed by atoms with van der Waals surface area (Å²) in [6.45, 7) is 0.725. The Balaban J connectivity index is 1.06. The molecule has 0 aliphatic heterocycles. The Morgan fingerprint density at radius 3 is 1.06 bits per heavy atom. The van der Waals surface area contributed by atoms with Crippen LogP contribution in [0.4, 0.5) is 11.4 Å². The lowest BCUT2D eigenvalue weighted by Gasteiger charge is -2.20. The van der Waals surface area contributed by atoms with Gasteiger partial charge in [0.1, 0.15) is 17.2 Å². The molecule has 0 radical (unpaired) electrons. The molecule has 0 aliphatic rings. The first kappa shape index (κ1) is 32.0. The fourth-order valence-electron chi connectivity index (χ4n) is 7.73. The van der Waals surface area contributed by atoms with Crippen LogP contribution >= 0.6 is 0 Å². The topological polar surface area (TPSA) is 84.8 Å². The van der Waals surface area contributed by atoms with Gasteiger partial charge in [-0.2, -0.15) is 0 Å². The van der Waals surface area contributed by atoms with E-state index in [1.165, 1.54) is 0 Å². The second kappa shape index (κ2) is 13.3. The highest BCUT2D eigenvalue weighted by molar-refractivity contribution is 6.13. The van der Waals surface area contributed by atoms with Crippen LogP contribution in [0.15, 0.2) is 164 Å². The normalized spacial score (nSPS) is 11.4. The average Bonchev–Trinajstić information content (AvgIpc) is 3.20. The van der Waals surface area contributed by atoms with Crippen molar-refractivity contribution in [3.05, 3.63) is 175 Å². The van der Waals surface area contributed by atoms with E-state index < -0.39 is 0 Å². The highest BCUT2D eigenvalue weighted by atomic mass is 16.3. The molecular formula is C48H36N2O3. The van der Waals surface area contributed by atoms with Crippen LogP contribution in [0.25, 0.3) is 65.3 Å². The molecule has 5 N–H and O–H groups in total. The lowest BCUT2D eigenvalue weighted by atomic mass is 9.91. The number of hydrogen-bond acceptors (Lipinski definition) is 5. The first-order valence-corrected chi connectivity index (χ1v) is 17.8. The number of nitrogens with one attached hydrogen (secondary N) is 2. The number of benzene rings is 9. The van der Waals surface area contributed by atoms with Gasteiger partial charge in [0.25, 0.3) is 0 Å². The van der Waals surface area contributed by atoms with Crippen LogP contribution in [0.5, 0.6) is 17.2 Å². The summed E-state index contributed by atoms with van der Waals surface area (Å²) >= 11 is 0. The van der Waals surface area contributed by atoms with Crippen LogP contribution in [0, 0.1) is 0 Å². The molecule has 9 aromatic carbocycles. The predicted octanol–water partition coefficient (Wildman–Crippen LogP) is 12.0. The van der Waals surface area contributed by atoms with Crippen molar-refractivity contribution in [1.29, 1.82) is 0 Å². The minimum absolute atomic E-state index is 0.207. The molecule has 0 bridgehead atoms. The summed E-state index contributed by atoms with van der Waals surface area (Å²) in [7, 11) is 0. The highest BCUT2D eigenvalue weighted by Crippen LogP contribution is 2.46. The molecule has 0 unspecified atom stereocenters. The van der Waals surface area contributed by atoms with Crippen LogP contribution in [-0.2, 0) is 13.1 Å². The third-order valence-electron chi connectivity index (χ3n) is 10.3. The van der Waals surface area contributed by atoms with E-state index in [2.05, 4.69) is 59.2 Å². The average molecular weight is 689 g/mol. The Labute approximate surface area is 307 Å². The maximum atomic E-state index is 11.7. The fraction of sp³-hybridized carbons (Fsp3) is 0.0417. The Bertz CT molecular complexity index is 2650. The standard InChI is InChI=1S/C48H36N2O3/c51-42-26-22-32-12-3-7-18-38(32)46(42)44-36-16-5-1-10-30(36)20-24-40(44)49-28-34-14-9-15-35(48(34)53)29-50-41-25-21-31-11-2-6-17-37(31)45(41)47-39-19-8-4-13-33(39)23-27-43(47)52/h1-27,49-53H,28-29H2. The molecule has 0 saturated carbocycles. The minimum Gasteiger partial charge on any atom is -0.507 e. The molecule has 0 heterocycles. The van der Waals surface area contributed by atoms with Gasteiger partial charge in [0.2, 0.25) is 0 Å². The van der Waals surface area contributed by atoms with E-state index >= 15 is 0 Å². The molecule has 0 aromatic heterocycles. The zero-order valence-corrected chi connectivity index (χ0v) is 28.8. The lowest BCUT2D eigenvalue weighted by molar-refractivity contribution is 0.463. The molecular weight excluding hydrogens is 653 g/mol. The first-order chi connectivity index (χ1) is 26.0. The van der Waals surface area contributed by atoms with Gasteiger partial charge >= 0.3 is 0 Å². The number of hydrogen-bond donors (Lipinski definition) is 5. The molecule has 0 spiro atoms. The van der Waals surface area contributed by atoms with Crippen molar-refractivity contribution in [3.63, 3.8) is 0 Å². The van der Waals surface area contributed by atoms with Crippen LogP contribution in [0.3, 0.4) is 0 Å².